The minimum Gasteiger partial charge on any atom is -0.493 e. The number of carbonyl (C=O) groups is 1. The number of benzene rings is 2. The number of aromatic nitrogens is 2. The van der Waals surface area contributed by atoms with Crippen LogP contribution in [-0.2, 0) is 16.1 Å². The molecule has 0 aliphatic rings. The summed E-state index contributed by atoms with van der Waals surface area (Å²) >= 11 is 0. The fraction of sp³-hybridized carbons (Fsp3) is 0.190. The van der Waals surface area contributed by atoms with Crippen LogP contribution in [0.2, 0.25) is 0 Å². The number of hydrogen-bond acceptors (Lipinski definition) is 7. The molecule has 0 amide bonds. The maximum Gasteiger partial charge on any atom is 0.331 e. The number of hydrogen-bond donors (Lipinski definition) is 1. The third-order valence-corrected chi connectivity index (χ3v) is 3.92. The second kappa shape index (κ2) is 8.85. The van der Waals surface area contributed by atoms with Gasteiger partial charge in [-0.2, -0.15) is 0 Å². The molecule has 1 heterocycles. The summed E-state index contributed by atoms with van der Waals surface area (Å²) in [6.45, 7) is 2.38. The van der Waals surface area contributed by atoms with Gasteiger partial charge in [0.1, 0.15) is 5.82 Å². The third-order valence-electron chi connectivity index (χ3n) is 3.92. The molecule has 0 radical (unpaired) electrons. The van der Waals surface area contributed by atoms with Crippen LogP contribution in [0.1, 0.15) is 18.3 Å². The van der Waals surface area contributed by atoms with Gasteiger partial charge in [0.15, 0.2) is 23.9 Å². The van der Waals surface area contributed by atoms with Crippen molar-refractivity contribution in [1.29, 1.82) is 0 Å². The number of methoxy groups -OCH3 is 1. The van der Waals surface area contributed by atoms with E-state index in [0.29, 0.717) is 35.3 Å². The molecule has 2 N–H and O–H groups in total. The van der Waals surface area contributed by atoms with Gasteiger partial charge in [-0.05, 0) is 42.8 Å². The van der Waals surface area contributed by atoms with Crippen molar-refractivity contribution >= 4 is 28.8 Å². The van der Waals surface area contributed by atoms with Gasteiger partial charge in [-0.25, -0.2) is 14.8 Å². The minimum absolute atomic E-state index is 0.0647. The zero-order chi connectivity index (χ0) is 19.9. The molecule has 7 nitrogen and oxygen atoms in total. The molecule has 0 aliphatic carbocycles. The van der Waals surface area contributed by atoms with Crippen LogP contribution in [0.25, 0.3) is 17.0 Å². The quantitative estimate of drug-likeness (QED) is 0.496. The van der Waals surface area contributed by atoms with Crippen molar-refractivity contribution in [3.8, 4) is 11.5 Å². The molecule has 3 rings (SSSR count). The second-order valence-corrected chi connectivity index (χ2v) is 5.83. The zero-order valence-electron chi connectivity index (χ0n) is 15.7. The Balaban J connectivity index is 1.64. The summed E-state index contributed by atoms with van der Waals surface area (Å²) in [4.78, 5) is 20.5. The average molecular weight is 379 g/mol. The first-order valence-corrected chi connectivity index (χ1v) is 8.77. The van der Waals surface area contributed by atoms with E-state index < -0.39 is 5.97 Å². The predicted molar refractivity (Wildman–Crippen MR) is 107 cm³/mol. The average Bonchev–Trinajstić information content (AvgIpc) is 2.71. The summed E-state index contributed by atoms with van der Waals surface area (Å²) in [5.74, 6) is 1.44. The Hall–Kier alpha value is -3.61. The molecule has 3 aromatic rings. The number of nitrogens with zero attached hydrogens (tertiary/aromatic N) is 2. The smallest absolute Gasteiger partial charge is 0.331 e. The molecule has 7 heteroatoms. The van der Waals surface area contributed by atoms with Gasteiger partial charge >= 0.3 is 5.97 Å². The van der Waals surface area contributed by atoms with Crippen molar-refractivity contribution in [2.75, 3.05) is 19.5 Å². The largest absolute Gasteiger partial charge is 0.493 e. The summed E-state index contributed by atoms with van der Waals surface area (Å²) in [5.41, 5.74) is 7.42. The Morgan fingerprint density at radius 1 is 1.14 bits per heavy atom. The van der Waals surface area contributed by atoms with Crippen LogP contribution in [0.4, 0.5) is 5.82 Å². The molecular weight excluding hydrogens is 358 g/mol. The van der Waals surface area contributed by atoms with Gasteiger partial charge in [0.2, 0.25) is 0 Å². The molecule has 144 valence electrons. The van der Waals surface area contributed by atoms with Crippen molar-refractivity contribution in [2.24, 2.45) is 0 Å². The maximum absolute atomic E-state index is 12.0. The number of anilines is 1. The van der Waals surface area contributed by atoms with Gasteiger partial charge in [-0.15, -0.1) is 0 Å². The molecule has 0 unspecified atom stereocenters. The van der Waals surface area contributed by atoms with E-state index in [-0.39, 0.29) is 6.61 Å². The molecule has 0 fully saturated rings. The monoisotopic (exact) mass is 379 g/mol. The number of carbonyl (C=O) groups excluding carboxylic acids is 1. The molecule has 2 aromatic carbocycles. The molecule has 0 spiro atoms. The highest BCUT2D eigenvalue weighted by molar-refractivity contribution is 5.88. The highest BCUT2D eigenvalue weighted by Gasteiger charge is 2.07. The molecule has 28 heavy (non-hydrogen) atoms. The van der Waals surface area contributed by atoms with E-state index in [2.05, 4.69) is 9.97 Å². The van der Waals surface area contributed by atoms with Crippen LogP contribution in [0.15, 0.2) is 48.5 Å². The number of rotatable bonds is 7. The van der Waals surface area contributed by atoms with Crippen LogP contribution in [0.5, 0.6) is 11.5 Å². The van der Waals surface area contributed by atoms with Gasteiger partial charge in [0.25, 0.3) is 0 Å². The van der Waals surface area contributed by atoms with E-state index in [4.69, 9.17) is 19.9 Å². The summed E-state index contributed by atoms with van der Waals surface area (Å²) in [5, 5.41) is 0.766. The standard InChI is InChI=1S/C21H21N3O4/c1-3-27-17-10-8-14(12-18(17)26-2)9-11-20(25)28-13-19-23-16-7-5-4-6-15(16)21(22)24-19/h4-12H,3,13H2,1-2H3,(H2,22,23,24)/b11-9+. The van der Waals surface area contributed by atoms with E-state index in [1.54, 1.807) is 25.3 Å². The fourth-order valence-electron chi connectivity index (χ4n) is 2.63. The molecular formula is C21H21N3O4. The summed E-state index contributed by atoms with van der Waals surface area (Å²) in [7, 11) is 1.56. The van der Waals surface area contributed by atoms with Crippen molar-refractivity contribution in [3.63, 3.8) is 0 Å². The van der Waals surface area contributed by atoms with Gasteiger partial charge < -0.3 is 19.9 Å². The third kappa shape index (κ3) is 4.56. The van der Waals surface area contributed by atoms with Crippen LogP contribution < -0.4 is 15.2 Å². The number of nitrogens with two attached hydrogens (primary N) is 1. The van der Waals surface area contributed by atoms with Crippen LogP contribution >= 0.6 is 0 Å². The lowest BCUT2D eigenvalue weighted by Crippen LogP contribution is -2.06. The maximum atomic E-state index is 12.0. The SMILES string of the molecule is CCOc1ccc(/C=C/C(=O)OCc2nc(N)c3ccccc3n2)cc1OC. The highest BCUT2D eigenvalue weighted by atomic mass is 16.5. The zero-order valence-corrected chi connectivity index (χ0v) is 15.7. The summed E-state index contributed by atoms with van der Waals surface area (Å²) in [6, 6.07) is 12.8. The van der Waals surface area contributed by atoms with Crippen molar-refractivity contribution < 1.29 is 19.0 Å². The Morgan fingerprint density at radius 2 is 1.96 bits per heavy atom. The Morgan fingerprint density at radius 3 is 2.75 bits per heavy atom. The van der Waals surface area contributed by atoms with E-state index in [9.17, 15) is 4.79 Å². The topological polar surface area (TPSA) is 96.6 Å². The molecule has 1 aromatic heterocycles. The van der Waals surface area contributed by atoms with Gasteiger partial charge in [0.05, 0.1) is 19.2 Å². The van der Waals surface area contributed by atoms with E-state index in [0.717, 1.165) is 10.9 Å². The fourth-order valence-corrected chi connectivity index (χ4v) is 2.63. The Kier molecular flexibility index (Phi) is 6.06. The number of para-hydroxylation sites is 1. The summed E-state index contributed by atoms with van der Waals surface area (Å²) < 4.78 is 16.0. The Labute approximate surface area is 162 Å². The van der Waals surface area contributed by atoms with Crippen LogP contribution in [0, 0.1) is 0 Å². The minimum atomic E-state index is -0.511. The molecule has 0 bridgehead atoms. The predicted octanol–water partition coefficient (Wildman–Crippen LogP) is 3.38. The lowest BCUT2D eigenvalue weighted by Gasteiger charge is -2.09. The van der Waals surface area contributed by atoms with Crippen LogP contribution in [-0.4, -0.2) is 29.7 Å². The number of esters is 1. The lowest BCUT2D eigenvalue weighted by atomic mass is 10.2. The number of fused-ring (bicyclic) bond motifs is 1. The molecule has 0 saturated carbocycles. The first-order chi connectivity index (χ1) is 13.6. The summed E-state index contributed by atoms with van der Waals surface area (Å²) in [6.07, 6.45) is 2.97. The first-order valence-electron chi connectivity index (χ1n) is 8.77. The number of ether oxygens (including phenoxy) is 3. The van der Waals surface area contributed by atoms with Crippen LogP contribution in [0.3, 0.4) is 0 Å². The van der Waals surface area contributed by atoms with Crippen molar-refractivity contribution in [3.05, 3.63) is 59.9 Å². The van der Waals surface area contributed by atoms with E-state index in [1.807, 2.05) is 37.3 Å². The normalized spacial score (nSPS) is 10.9. The second-order valence-electron chi connectivity index (χ2n) is 5.83. The highest BCUT2D eigenvalue weighted by Crippen LogP contribution is 2.28. The molecule has 0 aliphatic heterocycles. The van der Waals surface area contributed by atoms with Gasteiger partial charge in [0, 0.05) is 11.5 Å². The lowest BCUT2D eigenvalue weighted by molar-refractivity contribution is -0.139. The van der Waals surface area contributed by atoms with Crippen molar-refractivity contribution in [1.82, 2.24) is 9.97 Å². The van der Waals surface area contributed by atoms with Gasteiger partial charge in [-0.3, -0.25) is 0 Å². The number of nitrogen functional groups attached to an aromatic ring is 1. The van der Waals surface area contributed by atoms with E-state index >= 15 is 0 Å². The van der Waals surface area contributed by atoms with Crippen molar-refractivity contribution in [2.45, 2.75) is 13.5 Å². The Bertz CT molecular complexity index is 1020. The first kappa shape index (κ1) is 19.2. The van der Waals surface area contributed by atoms with Gasteiger partial charge in [-0.1, -0.05) is 18.2 Å². The molecule has 0 atom stereocenters. The molecule has 0 saturated heterocycles. The van der Waals surface area contributed by atoms with E-state index in [1.165, 1.54) is 6.08 Å².